The van der Waals surface area contributed by atoms with Gasteiger partial charge in [-0.3, -0.25) is 0 Å². The molecule has 0 spiro atoms. The zero-order chi connectivity index (χ0) is 13.8. The first-order valence-electron chi connectivity index (χ1n) is 6.00. The number of rotatable bonds is 4. The summed E-state index contributed by atoms with van der Waals surface area (Å²) in [6.07, 6.45) is -0.893. The van der Waals surface area contributed by atoms with Crippen molar-refractivity contribution in [3.8, 4) is 0 Å². The summed E-state index contributed by atoms with van der Waals surface area (Å²) in [5.74, 6) is -1.87. The van der Waals surface area contributed by atoms with E-state index in [9.17, 15) is 13.9 Å². The number of hydrogen-bond acceptors (Lipinski definition) is 2. The molecule has 0 heterocycles. The molecular formula is C15H15F2NO. The van der Waals surface area contributed by atoms with Crippen LogP contribution in [0.15, 0.2) is 42.5 Å². The minimum Gasteiger partial charge on any atom is -0.387 e. The van der Waals surface area contributed by atoms with Crippen molar-refractivity contribution in [1.82, 2.24) is 0 Å². The van der Waals surface area contributed by atoms with Crippen LogP contribution in [-0.2, 0) is 0 Å². The summed E-state index contributed by atoms with van der Waals surface area (Å²) in [5.41, 5.74) is 2.33. The van der Waals surface area contributed by atoms with Crippen molar-refractivity contribution in [2.45, 2.75) is 13.0 Å². The van der Waals surface area contributed by atoms with Crippen LogP contribution in [0.5, 0.6) is 0 Å². The van der Waals surface area contributed by atoms with E-state index >= 15 is 0 Å². The fourth-order valence-electron chi connectivity index (χ4n) is 1.81. The summed E-state index contributed by atoms with van der Waals surface area (Å²) in [4.78, 5) is 0. The van der Waals surface area contributed by atoms with Crippen molar-refractivity contribution in [2.24, 2.45) is 0 Å². The maximum absolute atomic E-state index is 13.0. The SMILES string of the molecule is Cc1cccc(NCC(O)c2ccc(F)c(F)c2)c1. The molecule has 0 fully saturated rings. The van der Waals surface area contributed by atoms with Crippen LogP contribution >= 0.6 is 0 Å². The Morgan fingerprint density at radius 2 is 1.89 bits per heavy atom. The van der Waals surface area contributed by atoms with Crippen molar-refractivity contribution in [1.29, 1.82) is 0 Å². The molecule has 2 aromatic carbocycles. The van der Waals surface area contributed by atoms with Crippen LogP contribution in [0.4, 0.5) is 14.5 Å². The summed E-state index contributed by atoms with van der Waals surface area (Å²) in [6, 6.07) is 11.1. The van der Waals surface area contributed by atoms with Gasteiger partial charge in [0.05, 0.1) is 6.10 Å². The molecule has 1 atom stereocenters. The van der Waals surface area contributed by atoms with Gasteiger partial charge < -0.3 is 10.4 Å². The number of hydrogen-bond donors (Lipinski definition) is 2. The second-order valence-corrected chi connectivity index (χ2v) is 4.44. The number of halogens is 2. The molecule has 2 N–H and O–H groups in total. The minimum atomic E-state index is -0.952. The summed E-state index contributed by atoms with van der Waals surface area (Å²) in [6.45, 7) is 2.20. The Morgan fingerprint density at radius 3 is 2.58 bits per heavy atom. The summed E-state index contributed by atoms with van der Waals surface area (Å²) >= 11 is 0. The fourth-order valence-corrected chi connectivity index (χ4v) is 1.81. The number of aliphatic hydroxyl groups excluding tert-OH is 1. The number of aliphatic hydroxyl groups is 1. The number of nitrogens with one attached hydrogen (secondary N) is 1. The molecule has 0 radical (unpaired) electrons. The lowest BCUT2D eigenvalue weighted by Crippen LogP contribution is -2.12. The molecule has 2 nitrogen and oxygen atoms in total. The van der Waals surface area contributed by atoms with Gasteiger partial charge in [0.1, 0.15) is 0 Å². The van der Waals surface area contributed by atoms with E-state index in [1.807, 2.05) is 31.2 Å². The highest BCUT2D eigenvalue weighted by atomic mass is 19.2. The molecule has 4 heteroatoms. The molecule has 2 rings (SSSR count). The Bertz CT molecular complexity index is 572. The lowest BCUT2D eigenvalue weighted by Gasteiger charge is -2.13. The molecule has 2 aromatic rings. The average molecular weight is 263 g/mol. The lowest BCUT2D eigenvalue weighted by molar-refractivity contribution is 0.191. The van der Waals surface area contributed by atoms with E-state index in [-0.39, 0.29) is 6.54 Å². The van der Waals surface area contributed by atoms with Crippen molar-refractivity contribution in [3.05, 3.63) is 65.2 Å². The van der Waals surface area contributed by atoms with E-state index in [1.54, 1.807) is 0 Å². The van der Waals surface area contributed by atoms with Crippen LogP contribution in [0, 0.1) is 18.6 Å². The Labute approximate surface area is 110 Å². The van der Waals surface area contributed by atoms with Crippen LogP contribution in [-0.4, -0.2) is 11.7 Å². The van der Waals surface area contributed by atoms with Gasteiger partial charge in [-0.2, -0.15) is 0 Å². The first-order chi connectivity index (χ1) is 9.06. The highest BCUT2D eigenvalue weighted by molar-refractivity contribution is 5.45. The zero-order valence-electron chi connectivity index (χ0n) is 10.5. The van der Waals surface area contributed by atoms with Crippen molar-refractivity contribution in [2.75, 3.05) is 11.9 Å². The van der Waals surface area contributed by atoms with Crippen molar-refractivity contribution < 1.29 is 13.9 Å². The normalized spacial score (nSPS) is 12.2. The highest BCUT2D eigenvalue weighted by Crippen LogP contribution is 2.17. The zero-order valence-corrected chi connectivity index (χ0v) is 10.5. The molecule has 0 bridgehead atoms. The van der Waals surface area contributed by atoms with E-state index in [0.717, 1.165) is 23.4 Å². The third-order valence-corrected chi connectivity index (χ3v) is 2.85. The number of aryl methyl sites for hydroxylation is 1. The Hall–Kier alpha value is -1.94. The quantitative estimate of drug-likeness (QED) is 0.886. The fraction of sp³-hybridized carbons (Fsp3) is 0.200. The summed E-state index contributed by atoms with van der Waals surface area (Å²) in [7, 11) is 0. The number of anilines is 1. The summed E-state index contributed by atoms with van der Waals surface area (Å²) in [5, 5.41) is 13.0. The lowest BCUT2D eigenvalue weighted by atomic mass is 10.1. The van der Waals surface area contributed by atoms with Crippen LogP contribution in [0.2, 0.25) is 0 Å². The monoisotopic (exact) mass is 263 g/mol. The first-order valence-corrected chi connectivity index (χ1v) is 6.00. The van der Waals surface area contributed by atoms with E-state index in [2.05, 4.69) is 5.32 Å². The smallest absolute Gasteiger partial charge is 0.159 e. The third-order valence-electron chi connectivity index (χ3n) is 2.85. The van der Waals surface area contributed by atoms with Gasteiger partial charge in [0.15, 0.2) is 11.6 Å². The van der Waals surface area contributed by atoms with Crippen LogP contribution in [0.25, 0.3) is 0 Å². The third kappa shape index (κ3) is 3.51. The second-order valence-electron chi connectivity index (χ2n) is 4.44. The average Bonchev–Trinajstić information content (AvgIpc) is 2.39. The van der Waals surface area contributed by atoms with E-state index in [1.165, 1.54) is 6.07 Å². The van der Waals surface area contributed by atoms with Gasteiger partial charge in [-0.1, -0.05) is 18.2 Å². The largest absolute Gasteiger partial charge is 0.387 e. The van der Waals surface area contributed by atoms with E-state index in [4.69, 9.17) is 0 Å². The van der Waals surface area contributed by atoms with Gasteiger partial charge in [0.25, 0.3) is 0 Å². The van der Waals surface area contributed by atoms with Crippen molar-refractivity contribution >= 4 is 5.69 Å². The molecular weight excluding hydrogens is 248 g/mol. The maximum Gasteiger partial charge on any atom is 0.159 e. The van der Waals surface area contributed by atoms with Crippen LogP contribution < -0.4 is 5.32 Å². The Morgan fingerprint density at radius 1 is 1.11 bits per heavy atom. The topological polar surface area (TPSA) is 32.3 Å². The van der Waals surface area contributed by atoms with E-state index in [0.29, 0.717) is 5.56 Å². The van der Waals surface area contributed by atoms with Gasteiger partial charge in [-0.05, 0) is 42.3 Å². The highest BCUT2D eigenvalue weighted by Gasteiger charge is 2.10. The summed E-state index contributed by atoms with van der Waals surface area (Å²) < 4.78 is 25.8. The molecule has 0 aliphatic carbocycles. The predicted octanol–water partition coefficient (Wildman–Crippen LogP) is 3.42. The van der Waals surface area contributed by atoms with E-state index < -0.39 is 17.7 Å². The minimum absolute atomic E-state index is 0.231. The second kappa shape index (κ2) is 5.80. The van der Waals surface area contributed by atoms with Gasteiger partial charge in [0.2, 0.25) is 0 Å². The van der Waals surface area contributed by atoms with Gasteiger partial charge in [-0.25, -0.2) is 8.78 Å². The van der Waals surface area contributed by atoms with Crippen LogP contribution in [0.1, 0.15) is 17.2 Å². The molecule has 0 aromatic heterocycles. The Balaban J connectivity index is 2.01. The van der Waals surface area contributed by atoms with Gasteiger partial charge in [0, 0.05) is 12.2 Å². The number of benzene rings is 2. The predicted molar refractivity (Wildman–Crippen MR) is 71.0 cm³/mol. The van der Waals surface area contributed by atoms with Crippen molar-refractivity contribution in [3.63, 3.8) is 0 Å². The molecule has 0 aliphatic rings. The maximum atomic E-state index is 13.0. The van der Waals surface area contributed by atoms with Gasteiger partial charge >= 0.3 is 0 Å². The van der Waals surface area contributed by atoms with Crippen LogP contribution in [0.3, 0.4) is 0 Å². The molecule has 19 heavy (non-hydrogen) atoms. The molecule has 0 amide bonds. The molecule has 100 valence electrons. The first kappa shape index (κ1) is 13.5. The molecule has 1 unspecified atom stereocenters. The molecule has 0 aliphatic heterocycles. The molecule has 0 saturated carbocycles. The Kier molecular flexibility index (Phi) is 4.12. The van der Waals surface area contributed by atoms with Gasteiger partial charge in [-0.15, -0.1) is 0 Å². The molecule has 0 saturated heterocycles. The standard InChI is InChI=1S/C15H15F2NO/c1-10-3-2-4-12(7-10)18-9-15(19)11-5-6-13(16)14(17)8-11/h2-8,15,18-19H,9H2,1H3.